The first-order valence-electron chi connectivity index (χ1n) is 8.14. The fourth-order valence-electron chi connectivity index (χ4n) is 2.21. The Kier molecular flexibility index (Phi) is 7.22. The van der Waals surface area contributed by atoms with E-state index in [4.69, 9.17) is 4.74 Å². The lowest BCUT2D eigenvalue weighted by Gasteiger charge is -2.15. The number of halogens is 3. The van der Waals surface area contributed by atoms with Crippen molar-refractivity contribution < 1.29 is 32.2 Å². The van der Waals surface area contributed by atoms with Crippen LogP contribution < -0.4 is 10.1 Å². The van der Waals surface area contributed by atoms with Gasteiger partial charge >= 0.3 is 12.6 Å². The molecule has 0 heterocycles. The molecule has 1 N–H and O–H groups in total. The molecule has 0 aliphatic carbocycles. The van der Waals surface area contributed by atoms with Crippen LogP contribution in [0.15, 0.2) is 48.5 Å². The van der Waals surface area contributed by atoms with Gasteiger partial charge in [0.05, 0.1) is 5.69 Å². The number of hydrogen-bond acceptors (Lipinski definition) is 4. The molecule has 0 spiro atoms. The number of esters is 1. The van der Waals surface area contributed by atoms with Gasteiger partial charge in [-0.05, 0) is 43.2 Å². The molecule has 0 aliphatic heterocycles. The molecule has 0 saturated heterocycles. The van der Waals surface area contributed by atoms with Crippen LogP contribution in [0.5, 0.6) is 5.75 Å². The zero-order valence-corrected chi connectivity index (χ0v) is 14.5. The van der Waals surface area contributed by atoms with Gasteiger partial charge in [0.2, 0.25) is 0 Å². The first kappa shape index (κ1) is 20.3. The van der Waals surface area contributed by atoms with Gasteiger partial charge < -0.3 is 14.8 Å². The van der Waals surface area contributed by atoms with Crippen molar-refractivity contribution in [3.63, 3.8) is 0 Å². The smallest absolute Gasteiger partial charge is 0.387 e. The molecule has 2 aromatic carbocycles. The minimum Gasteiger partial charge on any atom is -0.453 e. The maximum atomic E-state index is 12.8. The molecule has 0 bridgehead atoms. The van der Waals surface area contributed by atoms with Crippen LogP contribution in [0.2, 0.25) is 0 Å². The molecule has 27 heavy (non-hydrogen) atoms. The number of rotatable bonds is 8. The molecule has 2 aromatic rings. The number of hydrogen-bond donors (Lipinski definition) is 1. The third kappa shape index (κ3) is 6.65. The van der Waals surface area contributed by atoms with Crippen LogP contribution in [0.4, 0.5) is 18.9 Å². The number of anilines is 1. The molecule has 1 atom stereocenters. The average molecular weight is 381 g/mol. The van der Waals surface area contributed by atoms with Crippen molar-refractivity contribution in [3.05, 3.63) is 59.9 Å². The highest BCUT2D eigenvalue weighted by Crippen LogP contribution is 2.25. The summed E-state index contributed by atoms with van der Waals surface area (Å²) in [6, 6.07) is 11.4. The highest BCUT2D eigenvalue weighted by molar-refractivity contribution is 5.96. The summed E-state index contributed by atoms with van der Waals surface area (Å²) in [7, 11) is 0. The number of alkyl halides is 2. The number of para-hydroxylation sites is 2. The molecule has 0 fully saturated rings. The van der Waals surface area contributed by atoms with E-state index < -0.39 is 24.6 Å². The summed E-state index contributed by atoms with van der Waals surface area (Å²) < 4.78 is 47.0. The number of carbonyl (C=O) groups is 2. The second-order valence-corrected chi connectivity index (χ2v) is 5.62. The van der Waals surface area contributed by atoms with Gasteiger partial charge in [-0.3, -0.25) is 9.59 Å². The lowest BCUT2D eigenvalue weighted by molar-refractivity contribution is -0.153. The highest BCUT2D eigenvalue weighted by Gasteiger charge is 2.20. The van der Waals surface area contributed by atoms with Gasteiger partial charge in [0, 0.05) is 6.42 Å². The summed E-state index contributed by atoms with van der Waals surface area (Å²) in [5.74, 6) is -1.87. The van der Waals surface area contributed by atoms with E-state index in [-0.39, 0.29) is 23.7 Å². The molecular weight excluding hydrogens is 363 g/mol. The van der Waals surface area contributed by atoms with Crippen LogP contribution in [0.1, 0.15) is 18.9 Å². The van der Waals surface area contributed by atoms with Crippen LogP contribution in [0.3, 0.4) is 0 Å². The Bertz CT molecular complexity index is 781. The molecule has 0 saturated carbocycles. The topological polar surface area (TPSA) is 64.6 Å². The van der Waals surface area contributed by atoms with E-state index in [0.29, 0.717) is 6.42 Å². The molecule has 0 unspecified atom stereocenters. The van der Waals surface area contributed by atoms with E-state index in [0.717, 1.165) is 5.56 Å². The summed E-state index contributed by atoms with van der Waals surface area (Å²) in [6.07, 6.45) is -0.794. The van der Waals surface area contributed by atoms with Crippen molar-refractivity contribution in [2.24, 2.45) is 0 Å². The Labute approximate surface area is 154 Å². The minimum absolute atomic E-state index is 0.00827. The summed E-state index contributed by atoms with van der Waals surface area (Å²) in [6.45, 7) is -1.67. The number of aryl methyl sites for hydroxylation is 1. The Morgan fingerprint density at radius 2 is 1.74 bits per heavy atom. The first-order valence-corrected chi connectivity index (χ1v) is 8.14. The van der Waals surface area contributed by atoms with Crippen molar-refractivity contribution in [3.8, 4) is 5.75 Å². The van der Waals surface area contributed by atoms with Crippen LogP contribution >= 0.6 is 0 Å². The highest BCUT2D eigenvalue weighted by atomic mass is 19.3. The Morgan fingerprint density at radius 1 is 1.07 bits per heavy atom. The van der Waals surface area contributed by atoms with Crippen molar-refractivity contribution in [2.75, 3.05) is 5.32 Å². The van der Waals surface area contributed by atoms with Crippen LogP contribution in [0, 0.1) is 5.82 Å². The summed E-state index contributed by atoms with van der Waals surface area (Å²) in [5, 5.41) is 2.38. The zero-order valence-electron chi connectivity index (χ0n) is 14.5. The molecule has 0 aliphatic rings. The summed E-state index contributed by atoms with van der Waals surface area (Å²) in [4.78, 5) is 24.0. The summed E-state index contributed by atoms with van der Waals surface area (Å²) in [5.41, 5.74) is 0.792. The van der Waals surface area contributed by atoms with Gasteiger partial charge in [-0.2, -0.15) is 8.78 Å². The van der Waals surface area contributed by atoms with Crippen molar-refractivity contribution >= 4 is 17.6 Å². The van der Waals surface area contributed by atoms with Gasteiger partial charge in [-0.15, -0.1) is 0 Å². The monoisotopic (exact) mass is 381 g/mol. The Balaban J connectivity index is 1.86. The third-order valence-corrected chi connectivity index (χ3v) is 3.57. The van der Waals surface area contributed by atoms with Gasteiger partial charge in [0.15, 0.2) is 6.10 Å². The standard InChI is InChI=1S/C19H18F3NO4/c1-12(26-17(24)11-8-13-6-9-14(20)10-7-13)18(25)23-15-4-2-3-5-16(15)27-19(21)22/h2-7,9-10,12,19H,8,11H2,1H3,(H,23,25)/t12-/m0/s1. The fraction of sp³-hybridized carbons (Fsp3) is 0.263. The second kappa shape index (κ2) is 9.61. The van der Waals surface area contributed by atoms with E-state index in [9.17, 15) is 22.8 Å². The molecule has 0 aromatic heterocycles. The average Bonchev–Trinajstić information content (AvgIpc) is 2.62. The van der Waals surface area contributed by atoms with Gasteiger partial charge in [-0.25, -0.2) is 4.39 Å². The van der Waals surface area contributed by atoms with E-state index in [2.05, 4.69) is 10.1 Å². The van der Waals surface area contributed by atoms with Crippen LogP contribution in [0.25, 0.3) is 0 Å². The largest absolute Gasteiger partial charge is 0.453 e. The third-order valence-electron chi connectivity index (χ3n) is 3.57. The van der Waals surface area contributed by atoms with Crippen LogP contribution in [-0.4, -0.2) is 24.6 Å². The molecule has 0 radical (unpaired) electrons. The number of ether oxygens (including phenoxy) is 2. The van der Waals surface area contributed by atoms with Gasteiger partial charge in [-0.1, -0.05) is 24.3 Å². The quantitative estimate of drug-likeness (QED) is 0.704. The van der Waals surface area contributed by atoms with Gasteiger partial charge in [0.1, 0.15) is 11.6 Å². The number of amides is 1. The van der Waals surface area contributed by atoms with E-state index in [1.54, 1.807) is 12.1 Å². The fourth-order valence-corrected chi connectivity index (χ4v) is 2.21. The predicted octanol–water partition coefficient (Wildman–Crippen LogP) is 3.93. The van der Waals surface area contributed by atoms with E-state index >= 15 is 0 Å². The van der Waals surface area contributed by atoms with Crippen LogP contribution in [-0.2, 0) is 20.7 Å². The van der Waals surface area contributed by atoms with Crippen molar-refractivity contribution in [2.45, 2.75) is 32.5 Å². The molecule has 8 heteroatoms. The number of nitrogens with one attached hydrogen (secondary N) is 1. The SMILES string of the molecule is C[C@H](OC(=O)CCc1ccc(F)cc1)C(=O)Nc1ccccc1OC(F)F. The molecule has 144 valence electrons. The van der Waals surface area contributed by atoms with E-state index in [1.807, 2.05) is 0 Å². The Morgan fingerprint density at radius 3 is 2.41 bits per heavy atom. The lowest BCUT2D eigenvalue weighted by atomic mass is 10.1. The van der Waals surface area contributed by atoms with Crippen molar-refractivity contribution in [1.82, 2.24) is 0 Å². The Hall–Kier alpha value is -3.03. The molecular formula is C19H18F3NO4. The second-order valence-electron chi connectivity index (χ2n) is 5.62. The molecule has 2 rings (SSSR count). The number of benzene rings is 2. The molecule has 1 amide bonds. The van der Waals surface area contributed by atoms with E-state index in [1.165, 1.54) is 43.3 Å². The molecule has 5 nitrogen and oxygen atoms in total. The normalized spacial score (nSPS) is 11.7. The predicted molar refractivity (Wildman–Crippen MR) is 92.0 cm³/mol. The number of carbonyl (C=O) groups excluding carboxylic acids is 2. The first-order chi connectivity index (χ1) is 12.8. The van der Waals surface area contributed by atoms with Crippen molar-refractivity contribution in [1.29, 1.82) is 0 Å². The minimum atomic E-state index is -3.04. The maximum absolute atomic E-state index is 12.8. The summed E-state index contributed by atoms with van der Waals surface area (Å²) >= 11 is 0. The maximum Gasteiger partial charge on any atom is 0.387 e. The van der Waals surface area contributed by atoms with Gasteiger partial charge in [0.25, 0.3) is 5.91 Å². The lowest BCUT2D eigenvalue weighted by Crippen LogP contribution is -2.30. The zero-order chi connectivity index (χ0) is 19.8.